The van der Waals surface area contributed by atoms with Crippen molar-refractivity contribution in [1.29, 1.82) is 0 Å². The van der Waals surface area contributed by atoms with Crippen molar-refractivity contribution in [3.8, 4) is 0 Å². The number of pyridine rings is 1. The molecule has 1 aromatic heterocycles. The van der Waals surface area contributed by atoms with Gasteiger partial charge in [-0.3, -0.25) is 0 Å². The molecule has 4 nitrogen and oxygen atoms in total. The molecule has 0 atom stereocenters. The van der Waals surface area contributed by atoms with E-state index in [1.54, 1.807) is 6.07 Å². The number of aromatic carboxylic acids is 1. The molecular weight excluding hydrogens is 202 g/mol. The Morgan fingerprint density at radius 3 is 3.00 bits per heavy atom. The largest absolute Gasteiger partial charge is 0.477 e. The van der Waals surface area contributed by atoms with Crippen molar-refractivity contribution in [3.63, 3.8) is 0 Å². The minimum absolute atomic E-state index is 0.0546. The Morgan fingerprint density at radius 1 is 1.57 bits per heavy atom. The minimum Gasteiger partial charge on any atom is -0.477 e. The molecule has 2 N–H and O–H groups in total. The average molecular weight is 213 g/mol. The molecule has 0 aliphatic heterocycles. The van der Waals surface area contributed by atoms with Crippen LogP contribution in [0, 0.1) is 0 Å². The van der Waals surface area contributed by atoms with E-state index in [1.165, 1.54) is 24.0 Å². The maximum atomic E-state index is 10.6. The summed E-state index contributed by atoms with van der Waals surface area (Å²) < 4.78 is 0. The van der Waals surface area contributed by atoms with Gasteiger partial charge < -0.3 is 10.2 Å². The zero-order valence-corrected chi connectivity index (χ0v) is 8.33. The molecule has 1 heterocycles. The van der Waals surface area contributed by atoms with Crippen molar-refractivity contribution in [2.24, 2.45) is 0 Å². The van der Waals surface area contributed by atoms with E-state index in [-0.39, 0.29) is 12.3 Å². The summed E-state index contributed by atoms with van der Waals surface area (Å²) in [5.41, 5.74) is 0.0546. The molecule has 0 fully saturated rings. The molecule has 0 aliphatic carbocycles. The summed E-state index contributed by atoms with van der Waals surface area (Å²) in [5, 5.41) is 17.2. The SMILES string of the molecule is O=C(O)c1cc(SCCCO)ccn1. The summed E-state index contributed by atoms with van der Waals surface area (Å²) in [7, 11) is 0. The maximum Gasteiger partial charge on any atom is 0.354 e. The van der Waals surface area contributed by atoms with E-state index in [0.717, 1.165) is 10.6 Å². The number of hydrogen-bond donors (Lipinski definition) is 2. The first-order valence-electron chi connectivity index (χ1n) is 4.17. The molecule has 1 aromatic rings. The van der Waals surface area contributed by atoms with Gasteiger partial charge in [-0.15, -0.1) is 11.8 Å². The second-order valence-corrected chi connectivity index (χ2v) is 3.78. The number of carboxylic acid groups (broad SMARTS) is 1. The maximum absolute atomic E-state index is 10.6. The smallest absolute Gasteiger partial charge is 0.354 e. The quantitative estimate of drug-likeness (QED) is 0.569. The van der Waals surface area contributed by atoms with Crippen molar-refractivity contribution >= 4 is 17.7 Å². The van der Waals surface area contributed by atoms with Gasteiger partial charge in [0.25, 0.3) is 0 Å². The van der Waals surface area contributed by atoms with Crippen LogP contribution in [0.4, 0.5) is 0 Å². The van der Waals surface area contributed by atoms with E-state index in [0.29, 0.717) is 6.42 Å². The van der Waals surface area contributed by atoms with E-state index >= 15 is 0 Å². The topological polar surface area (TPSA) is 70.4 Å². The molecule has 0 aliphatic rings. The standard InChI is InChI=1S/C9H11NO3S/c11-4-1-5-14-7-2-3-10-8(6-7)9(12)13/h2-3,6,11H,1,4-5H2,(H,12,13). The van der Waals surface area contributed by atoms with E-state index in [1.807, 2.05) is 0 Å². The van der Waals surface area contributed by atoms with E-state index < -0.39 is 5.97 Å². The highest BCUT2D eigenvalue weighted by Crippen LogP contribution is 2.18. The van der Waals surface area contributed by atoms with Gasteiger partial charge in [-0.25, -0.2) is 9.78 Å². The van der Waals surface area contributed by atoms with Gasteiger partial charge in [0, 0.05) is 23.5 Å². The number of rotatable bonds is 5. The Hall–Kier alpha value is -1.07. The lowest BCUT2D eigenvalue weighted by atomic mass is 10.3. The van der Waals surface area contributed by atoms with Crippen LogP contribution in [0.1, 0.15) is 16.9 Å². The summed E-state index contributed by atoms with van der Waals surface area (Å²) in [6, 6.07) is 3.29. The number of nitrogens with zero attached hydrogens (tertiary/aromatic N) is 1. The monoisotopic (exact) mass is 213 g/mol. The zero-order valence-electron chi connectivity index (χ0n) is 7.51. The van der Waals surface area contributed by atoms with Gasteiger partial charge >= 0.3 is 5.97 Å². The molecular formula is C9H11NO3S. The third-order valence-corrected chi connectivity index (χ3v) is 2.60. The summed E-state index contributed by atoms with van der Waals surface area (Å²) in [6.07, 6.45) is 2.18. The molecule has 0 saturated heterocycles. The number of thioether (sulfide) groups is 1. The lowest BCUT2D eigenvalue weighted by molar-refractivity contribution is 0.0690. The fourth-order valence-corrected chi connectivity index (χ4v) is 1.73. The van der Waals surface area contributed by atoms with Gasteiger partial charge in [0.05, 0.1) is 0 Å². The van der Waals surface area contributed by atoms with E-state index in [2.05, 4.69) is 4.98 Å². The first kappa shape index (κ1) is 11.0. The van der Waals surface area contributed by atoms with Crippen LogP contribution in [0.2, 0.25) is 0 Å². The van der Waals surface area contributed by atoms with Crippen LogP contribution in [0.15, 0.2) is 23.2 Å². The van der Waals surface area contributed by atoms with Crippen molar-refractivity contribution in [2.45, 2.75) is 11.3 Å². The second kappa shape index (κ2) is 5.62. The predicted molar refractivity (Wildman–Crippen MR) is 53.6 cm³/mol. The molecule has 14 heavy (non-hydrogen) atoms. The Bertz CT molecular complexity index is 317. The van der Waals surface area contributed by atoms with Gasteiger partial charge in [-0.05, 0) is 18.6 Å². The Morgan fingerprint density at radius 2 is 2.36 bits per heavy atom. The van der Waals surface area contributed by atoms with Gasteiger partial charge in [0.1, 0.15) is 5.69 Å². The van der Waals surface area contributed by atoms with Gasteiger partial charge in [0.15, 0.2) is 0 Å². The average Bonchev–Trinajstić information content (AvgIpc) is 2.19. The summed E-state index contributed by atoms with van der Waals surface area (Å²) in [6.45, 7) is 0.157. The first-order valence-corrected chi connectivity index (χ1v) is 5.15. The summed E-state index contributed by atoms with van der Waals surface area (Å²) in [5.74, 6) is -0.242. The first-order chi connectivity index (χ1) is 6.74. The van der Waals surface area contributed by atoms with Crippen LogP contribution in [-0.4, -0.2) is 33.5 Å². The van der Waals surface area contributed by atoms with E-state index in [4.69, 9.17) is 10.2 Å². The van der Waals surface area contributed by atoms with Crippen LogP contribution in [0.3, 0.4) is 0 Å². The lowest BCUT2D eigenvalue weighted by Crippen LogP contribution is -1.99. The normalized spacial score (nSPS) is 10.1. The Kier molecular flexibility index (Phi) is 4.42. The molecule has 0 saturated carbocycles. The number of carboxylic acids is 1. The van der Waals surface area contributed by atoms with Gasteiger partial charge in [0.2, 0.25) is 0 Å². The molecule has 0 amide bonds. The molecule has 1 rings (SSSR count). The van der Waals surface area contributed by atoms with Crippen molar-refractivity contribution < 1.29 is 15.0 Å². The molecule has 0 unspecified atom stereocenters. The van der Waals surface area contributed by atoms with Crippen LogP contribution in [0.25, 0.3) is 0 Å². The fourth-order valence-electron chi connectivity index (χ4n) is 0.872. The van der Waals surface area contributed by atoms with Crippen LogP contribution >= 0.6 is 11.8 Å². The minimum atomic E-state index is -1.02. The third kappa shape index (κ3) is 3.35. The van der Waals surface area contributed by atoms with Crippen LogP contribution in [0.5, 0.6) is 0 Å². The third-order valence-electron chi connectivity index (χ3n) is 1.52. The van der Waals surface area contributed by atoms with Crippen molar-refractivity contribution in [2.75, 3.05) is 12.4 Å². The highest BCUT2D eigenvalue weighted by molar-refractivity contribution is 7.99. The van der Waals surface area contributed by atoms with Gasteiger partial charge in [-0.1, -0.05) is 0 Å². The van der Waals surface area contributed by atoms with E-state index in [9.17, 15) is 4.79 Å². The van der Waals surface area contributed by atoms with Crippen LogP contribution in [-0.2, 0) is 0 Å². The number of aliphatic hydroxyl groups excluding tert-OH is 1. The number of aliphatic hydroxyl groups is 1. The highest BCUT2D eigenvalue weighted by Gasteiger charge is 2.04. The molecule has 0 radical (unpaired) electrons. The molecule has 76 valence electrons. The van der Waals surface area contributed by atoms with Crippen LogP contribution < -0.4 is 0 Å². The molecule has 5 heteroatoms. The number of aromatic nitrogens is 1. The number of hydrogen-bond acceptors (Lipinski definition) is 4. The van der Waals surface area contributed by atoms with Crippen molar-refractivity contribution in [1.82, 2.24) is 4.98 Å². The molecule has 0 aromatic carbocycles. The molecule has 0 bridgehead atoms. The Labute approximate surface area is 86.0 Å². The fraction of sp³-hybridized carbons (Fsp3) is 0.333. The summed E-state index contributed by atoms with van der Waals surface area (Å²) >= 11 is 1.51. The predicted octanol–water partition coefficient (Wildman–Crippen LogP) is 1.25. The Balaban J connectivity index is 2.59. The van der Waals surface area contributed by atoms with Crippen molar-refractivity contribution in [3.05, 3.63) is 24.0 Å². The van der Waals surface area contributed by atoms with Gasteiger partial charge in [-0.2, -0.15) is 0 Å². The highest BCUT2D eigenvalue weighted by atomic mass is 32.2. The zero-order chi connectivity index (χ0) is 10.4. The molecule has 0 spiro atoms. The summed E-state index contributed by atoms with van der Waals surface area (Å²) in [4.78, 5) is 15.1. The second-order valence-electron chi connectivity index (χ2n) is 2.61. The number of carbonyl (C=O) groups is 1. The lowest BCUT2D eigenvalue weighted by Gasteiger charge is -2.00.